The number of aryl methyl sites for hydroxylation is 1. The van der Waals surface area contributed by atoms with Crippen LogP contribution in [0.2, 0.25) is 0 Å². The Morgan fingerprint density at radius 2 is 2.32 bits per heavy atom. The summed E-state index contributed by atoms with van der Waals surface area (Å²) in [5.41, 5.74) is 0.454. The molecule has 1 heterocycles. The normalized spacial score (nSPS) is 14.2. The molecule has 0 saturated carbocycles. The Balaban J connectivity index is 2.61. The fourth-order valence-corrected chi connectivity index (χ4v) is 2.43. The lowest BCUT2D eigenvalue weighted by Crippen LogP contribution is -2.36. The molecule has 0 aliphatic heterocycles. The lowest BCUT2D eigenvalue weighted by molar-refractivity contribution is 0.0599. The molecule has 1 rings (SSSR count). The third kappa shape index (κ3) is 4.26. The number of esters is 1. The SMILES string of the molecule is COC(=O)c1cc(CNC(C)C(CO)SC)oc1C. The summed E-state index contributed by atoms with van der Waals surface area (Å²) in [6.07, 6.45) is 1.96. The molecular weight excluding hydrogens is 266 g/mol. The molecular formula is C13H21NO4S. The summed E-state index contributed by atoms with van der Waals surface area (Å²) in [4.78, 5) is 11.4. The van der Waals surface area contributed by atoms with E-state index in [1.807, 2.05) is 13.2 Å². The number of carbonyl (C=O) groups is 1. The number of furan rings is 1. The van der Waals surface area contributed by atoms with E-state index >= 15 is 0 Å². The molecule has 2 atom stereocenters. The average Bonchev–Trinajstić information content (AvgIpc) is 2.78. The summed E-state index contributed by atoms with van der Waals surface area (Å²) in [6, 6.07) is 1.83. The number of methoxy groups -OCH3 is 1. The predicted molar refractivity (Wildman–Crippen MR) is 75.5 cm³/mol. The van der Waals surface area contributed by atoms with Crippen LogP contribution in [0.3, 0.4) is 0 Å². The van der Waals surface area contributed by atoms with E-state index in [9.17, 15) is 9.90 Å². The molecule has 0 saturated heterocycles. The summed E-state index contributed by atoms with van der Waals surface area (Å²) in [5.74, 6) is 0.848. The van der Waals surface area contributed by atoms with E-state index in [0.29, 0.717) is 23.6 Å². The second kappa shape index (κ2) is 7.57. The average molecular weight is 287 g/mol. The summed E-state index contributed by atoms with van der Waals surface area (Å²) < 4.78 is 10.2. The zero-order chi connectivity index (χ0) is 14.4. The first kappa shape index (κ1) is 16.1. The van der Waals surface area contributed by atoms with Gasteiger partial charge in [-0.25, -0.2) is 4.79 Å². The number of aliphatic hydroxyl groups is 1. The lowest BCUT2D eigenvalue weighted by Gasteiger charge is -2.20. The van der Waals surface area contributed by atoms with Crippen molar-refractivity contribution in [2.75, 3.05) is 20.0 Å². The van der Waals surface area contributed by atoms with E-state index in [-0.39, 0.29) is 17.9 Å². The Morgan fingerprint density at radius 3 is 2.84 bits per heavy atom. The van der Waals surface area contributed by atoms with Crippen LogP contribution in [-0.4, -0.2) is 42.3 Å². The highest BCUT2D eigenvalue weighted by molar-refractivity contribution is 7.99. The largest absolute Gasteiger partial charge is 0.465 e. The smallest absolute Gasteiger partial charge is 0.341 e. The van der Waals surface area contributed by atoms with Crippen LogP contribution in [-0.2, 0) is 11.3 Å². The van der Waals surface area contributed by atoms with E-state index < -0.39 is 5.97 Å². The highest BCUT2D eigenvalue weighted by Gasteiger charge is 2.18. The lowest BCUT2D eigenvalue weighted by atomic mass is 10.2. The Morgan fingerprint density at radius 1 is 1.63 bits per heavy atom. The molecule has 0 radical (unpaired) electrons. The zero-order valence-electron chi connectivity index (χ0n) is 11.7. The first-order chi connectivity index (χ1) is 9.03. The molecule has 0 aliphatic carbocycles. The van der Waals surface area contributed by atoms with Crippen LogP contribution in [0.5, 0.6) is 0 Å². The van der Waals surface area contributed by atoms with Crippen LogP contribution in [0.4, 0.5) is 0 Å². The monoisotopic (exact) mass is 287 g/mol. The van der Waals surface area contributed by atoms with Crippen molar-refractivity contribution in [3.8, 4) is 0 Å². The van der Waals surface area contributed by atoms with Gasteiger partial charge < -0.3 is 19.6 Å². The fourth-order valence-electron chi connectivity index (χ4n) is 1.77. The minimum absolute atomic E-state index is 0.125. The van der Waals surface area contributed by atoms with E-state index in [1.54, 1.807) is 24.8 Å². The predicted octanol–water partition coefficient (Wildman–Crippen LogP) is 1.58. The number of hydrogen-bond donors (Lipinski definition) is 2. The van der Waals surface area contributed by atoms with Crippen molar-refractivity contribution in [1.29, 1.82) is 0 Å². The third-order valence-corrected chi connectivity index (χ3v) is 4.18. The van der Waals surface area contributed by atoms with Gasteiger partial charge in [0.15, 0.2) is 0 Å². The molecule has 108 valence electrons. The van der Waals surface area contributed by atoms with Gasteiger partial charge >= 0.3 is 5.97 Å². The Kier molecular flexibility index (Phi) is 6.41. The van der Waals surface area contributed by atoms with E-state index in [2.05, 4.69) is 10.1 Å². The molecule has 0 fully saturated rings. The van der Waals surface area contributed by atoms with Crippen LogP contribution in [0.15, 0.2) is 10.5 Å². The molecule has 0 spiro atoms. The molecule has 0 aromatic carbocycles. The summed E-state index contributed by atoms with van der Waals surface area (Å²) in [7, 11) is 1.35. The number of rotatable bonds is 7. The van der Waals surface area contributed by atoms with Crippen LogP contribution in [0.25, 0.3) is 0 Å². The molecule has 1 aromatic heterocycles. The van der Waals surface area contributed by atoms with Crippen molar-refractivity contribution in [3.05, 3.63) is 23.2 Å². The van der Waals surface area contributed by atoms with Gasteiger partial charge in [-0.15, -0.1) is 0 Å². The Labute approximate surface area is 117 Å². The van der Waals surface area contributed by atoms with Gasteiger partial charge in [0, 0.05) is 11.3 Å². The molecule has 5 nitrogen and oxygen atoms in total. The standard InChI is InChI=1S/C13H21NO4S/c1-8(12(7-15)19-4)14-6-10-5-11(9(2)18-10)13(16)17-3/h5,8,12,14-15H,6-7H2,1-4H3. The number of hydrogen-bond acceptors (Lipinski definition) is 6. The van der Waals surface area contributed by atoms with E-state index in [1.165, 1.54) is 7.11 Å². The van der Waals surface area contributed by atoms with Crippen molar-refractivity contribution in [2.45, 2.75) is 31.7 Å². The minimum atomic E-state index is -0.391. The maximum atomic E-state index is 11.4. The molecule has 0 aliphatic rings. The number of ether oxygens (including phenoxy) is 1. The van der Waals surface area contributed by atoms with Gasteiger partial charge in [-0.05, 0) is 26.2 Å². The van der Waals surface area contributed by atoms with Crippen molar-refractivity contribution < 1.29 is 19.1 Å². The van der Waals surface area contributed by atoms with Gasteiger partial charge in [-0.2, -0.15) is 11.8 Å². The fraction of sp³-hybridized carbons (Fsp3) is 0.615. The van der Waals surface area contributed by atoms with Gasteiger partial charge in [-0.1, -0.05) is 0 Å². The molecule has 1 aromatic rings. The first-order valence-corrected chi connectivity index (χ1v) is 7.36. The highest BCUT2D eigenvalue weighted by Crippen LogP contribution is 2.16. The highest BCUT2D eigenvalue weighted by atomic mass is 32.2. The number of carbonyl (C=O) groups excluding carboxylic acids is 1. The van der Waals surface area contributed by atoms with Crippen LogP contribution in [0.1, 0.15) is 28.8 Å². The van der Waals surface area contributed by atoms with Gasteiger partial charge in [0.2, 0.25) is 0 Å². The van der Waals surface area contributed by atoms with Crippen molar-refractivity contribution in [3.63, 3.8) is 0 Å². The zero-order valence-corrected chi connectivity index (χ0v) is 12.5. The molecule has 0 bridgehead atoms. The van der Waals surface area contributed by atoms with Crippen LogP contribution >= 0.6 is 11.8 Å². The van der Waals surface area contributed by atoms with Crippen molar-refractivity contribution in [2.24, 2.45) is 0 Å². The maximum Gasteiger partial charge on any atom is 0.341 e. The van der Waals surface area contributed by atoms with Crippen molar-refractivity contribution >= 4 is 17.7 Å². The van der Waals surface area contributed by atoms with Gasteiger partial charge in [-0.3, -0.25) is 0 Å². The topological polar surface area (TPSA) is 71.7 Å². The molecule has 0 amide bonds. The van der Waals surface area contributed by atoms with Gasteiger partial charge in [0.25, 0.3) is 0 Å². The molecule has 6 heteroatoms. The molecule has 2 N–H and O–H groups in total. The second-order valence-electron chi connectivity index (χ2n) is 4.30. The van der Waals surface area contributed by atoms with E-state index in [0.717, 1.165) is 0 Å². The first-order valence-electron chi connectivity index (χ1n) is 6.08. The van der Waals surface area contributed by atoms with Gasteiger partial charge in [0.05, 0.1) is 20.3 Å². The van der Waals surface area contributed by atoms with Crippen LogP contribution < -0.4 is 5.32 Å². The second-order valence-corrected chi connectivity index (χ2v) is 5.38. The number of nitrogens with one attached hydrogen (secondary N) is 1. The van der Waals surface area contributed by atoms with Gasteiger partial charge in [0.1, 0.15) is 17.1 Å². The van der Waals surface area contributed by atoms with Crippen LogP contribution in [0, 0.1) is 6.92 Å². The number of thioether (sulfide) groups is 1. The minimum Gasteiger partial charge on any atom is -0.465 e. The Bertz CT molecular complexity index is 415. The quantitative estimate of drug-likeness (QED) is 0.742. The van der Waals surface area contributed by atoms with Crippen molar-refractivity contribution in [1.82, 2.24) is 5.32 Å². The van der Waals surface area contributed by atoms with E-state index in [4.69, 9.17) is 4.42 Å². The maximum absolute atomic E-state index is 11.4. The molecule has 19 heavy (non-hydrogen) atoms. The summed E-state index contributed by atoms with van der Waals surface area (Å²) in [5, 5.41) is 12.6. The summed E-state index contributed by atoms with van der Waals surface area (Å²) in [6.45, 7) is 4.38. The Hall–Kier alpha value is -0.980. The third-order valence-electron chi connectivity index (χ3n) is 3.01. The summed E-state index contributed by atoms with van der Waals surface area (Å²) >= 11 is 1.61. The number of aliphatic hydroxyl groups excluding tert-OH is 1. The molecule has 2 unspecified atom stereocenters.